The second kappa shape index (κ2) is 14.9. The molecule has 1 aliphatic carbocycles. The topological polar surface area (TPSA) is 65.1 Å². The summed E-state index contributed by atoms with van der Waals surface area (Å²) in [7, 11) is 0. The lowest BCUT2D eigenvalue weighted by Crippen LogP contribution is -2.23. The molecule has 6 rings (SSSR count). The van der Waals surface area contributed by atoms with Gasteiger partial charge in [-0.2, -0.15) is 0 Å². The number of carbonyl (C=O) groups excluding carboxylic acids is 2. The van der Waals surface area contributed by atoms with Gasteiger partial charge in [-0.3, -0.25) is 0 Å². The number of esters is 2. The van der Waals surface area contributed by atoms with Gasteiger partial charge >= 0.3 is 11.9 Å². The van der Waals surface area contributed by atoms with E-state index < -0.39 is 0 Å². The molecule has 0 aromatic heterocycles. The van der Waals surface area contributed by atoms with E-state index in [1.54, 1.807) is 26.0 Å². The molecular formula is C43H39NO5. The van der Waals surface area contributed by atoms with E-state index in [0.717, 1.165) is 44.9 Å². The Labute approximate surface area is 288 Å². The molecule has 1 heterocycles. The fourth-order valence-corrected chi connectivity index (χ4v) is 6.16. The van der Waals surface area contributed by atoms with Crippen LogP contribution in [-0.4, -0.2) is 25.2 Å². The van der Waals surface area contributed by atoms with Crippen molar-refractivity contribution in [2.75, 3.05) is 18.1 Å². The van der Waals surface area contributed by atoms with E-state index in [9.17, 15) is 9.59 Å². The van der Waals surface area contributed by atoms with Crippen LogP contribution < -0.4 is 9.64 Å². The molecule has 1 aliphatic heterocycles. The van der Waals surface area contributed by atoms with Gasteiger partial charge in [0.25, 0.3) is 0 Å². The van der Waals surface area contributed by atoms with Gasteiger partial charge in [-0.05, 0) is 91.1 Å². The van der Waals surface area contributed by atoms with Crippen molar-refractivity contribution in [1.82, 2.24) is 0 Å². The lowest BCUT2D eigenvalue weighted by molar-refractivity contribution is 0.0517. The summed E-state index contributed by atoms with van der Waals surface area (Å²) < 4.78 is 17.4. The minimum Gasteiger partial charge on any atom is -0.462 e. The quantitative estimate of drug-likeness (QED) is 0.133. The Morgan fingerprint density at radius 1 is 0.755 bits per heavy atom. The molecule has 246 valence electrons. The molecule has 0 fully saturated rings. The molecule has 4 aromatic rings. The second-order valence-corrected chi connectivity index (χ2v) is 11.6. The maximum atomic E-state index is 13.0. The summed E-state index contributed by atoms with van der Waals surface area (Å²) in [6.07, 6.45) is 16.6. The number of nitrogens with zero attached hydrogens (tertiary/aromatic N) is 1. The molecule has 1 atom stereocenters. The van der Waals surface area contributed by atoms with Crippen molar-refractivity contribution in [3.8, 4) is 33.8 Å². The van der Waals surface area contributed by atoms with Gasteiger partial charge in [-0.15, -0.1) is 0 Å². The number of hydrogen-bond donors (Lipinski definition) is 0. The molecule has 0 spiro atoms. The molecule has 0 amide bonds. The zero-order valence-corrected chi connectivity index (χ0v) is 28.2. The Morgan fingerprint density at radius 2 is 1.31 bits per heavy atom. The number of fused-ring (bicyclic) bond motifs is 2. The van der Waals surface area contributed by atoms with Crippen LogP contribution in [0, 0.1) is 5.92 Å². The highest BCUT2D eigenvalue weighted by molar-refractivity contribution is 6.00. The third kappa shape index (κ3) is 6.76. The van der Waals surface area contributed by atoms with E-state index in [4.69, 9.17) is 14.2 Å². The van der Waals surface area contributed by atoms with Crippen LogP contribution in [0.3, 0.4) is 0 Å². The zero-order chi connectivity index (χ0) is 34.3. The average Bonchev–Trinajstić information content (AvgIpc) is 3.13. The molecule has 4 aromatic carbocycles. The Balaban J connectivity index is 1.61. The van der Waals surface area contributed by atoms with Gasteiger partial charge in [0.15, 0.2) is 11.5 Å². The number of hydrogen-bond acceptors (Lipinski definition) is 6. The molecule has 0 bridgehead atoms. The maximum absolute atomic E-state index is 13.0. The molecule has 2 aliphatic rings. The third-order valence-corrected chi connectivity index (χ3v) is 8.46. The Bertz CT molecular complexity index is 1940. The van der Waals surface area contributed by atoms with Crippen molar-refractivity contribution in [1.29, 1.82) is 0 Å². The van der Waals surface area contributed by atoms with Crippen molar-refractivity contribution in [3.05, 3.63) is 156 Å². The normalized spacial score (nSPS) is 15.9. The van der Waals surface area contributed by atoms with E-state index in [1.807, 2.05) is 85.8 Å². The van der Waals surface area contributed by atoms with Gasteiger partial charge < -0.3 is 19.1 Å². The van der Waals surface area contributed by atoms with Crippen molar-refractivity contribution < 1.29 is 23.8 Å². The van der Waals surface area contributed by atoms with Crippen LogP contribution in [0.2, 0.25) is 0 Å². The van der Waals surface area contributed by atoms with E-state index in [2.05, 4.69) is 54.3 Å². The molecule has 6 heteroatoms. The first-order valence-corrected chi connectivity index (χ1v) is 16.6. The fraction of sp³-hybridized carbons (Fsp3) is 0.163. The van der Waals surface area contributed by atoms with Crippen LogP contribution in [0.1, 0.15) is 48.4 Å². The van der Waals surface area contributed by atoms with Crippen LogP contribution >= 0.6 is 0 Å². The number of carbonyl (C=O) groups is 2. The molecule has 1 unspecified atom stereocenters. The first-order chi connectivity index (χ1) is 23.9. The van der Waals surface area contributed by atoms with Crippen molar-refractivity contribution in [2.24, 2.45) is 5.92 Å². The zero-order valence-electron chi connectivity index (χ0n) is 28.2. The number of anilines is 2. The summed E-state index contributed by atoms with van der Waals surface area (Å²) >= 11 is 0. The molecule has 0 saturated heterocycles. The lowest BCUT2D eigenvalue weighted by Gasteiger charge is -2.36. The highest BCUT2D eigenvalue weighted by Crippen LogP contribution is 2.52. The first kappa shape index (κ1) is 33.0. The number of allylic oxidation sites excluding steroid dienone is 9. The summed E-state index contributed by atoms with van der Waals surface area (Å²) in [6.45, 7) is 8.34. The molecule has 0 N–H and O–H groups in total. The van der Waals surface area contributed by atoms with Crippen LogP contribution in [0.15, 0.2) is 145 Å². The highest BCUT2D eigenvalue weighted by Gasteiger charge is 2.30. The SMILES string of the molecule is C\C=C/C=C\C(=C1/C=CC=CC1C)N1c2cc(-c3ccccc3C(=O)OCC)ccc2Oc2ccc(-c3ccccc3C(=O)OCC)cc21. The number of ether oxygens (including phenoxy) is 3. The Kier molecular flexibility index (Phi) is 10.1. The van der Waals surface area contributed by atoms with Gasteiger partial charge in [0.05, 0.1) is 41.4 Å². The minimum absolute atomic E-state index is 0.130. The lowest BCUT2D eigenvalue weighted by atomic mass is 9.92. The molecule has 0 saturated carbocycles. The minimum atomic E-state index is -0.371. The van der Waals surface area contributed by atoms with Gasteiger partial charge in [-0.1, -0.05) is 98.0 Å². The number of benzene rings is 4. The summed E-state index contributed by atoms with van der Waals surface area (Å²) in [4.78, 5) is 28.2. The van der Waals surface area contributed by atoms with Crippen LogP contribution in [0.4, 0.5) is 11.4 Å². The van der Waals surface area contributed by atoms with E-state index in [-0.39, 0.29) is 31.1 Å². The summed E-state index contributed by atoms with van der Waals surface area (Å²) in [5.74, 6) is 0.731. The molecular weight excluding hydrogens is 610 g/mol. The molecule has 49 heavy (non-hydrogen) atoms. The van der Waals surface area contributed by atoms with Crippen molar-refractivity contribution >= 4 is 23.3 Å². The summed E-state index contributed by atoms with van der Waals surface area (Å²) in [6, 6.07) is 26.9. The van der Waals surface area contributed by atoms with Crippen molar-refractivity contribution in [2.45, 2.75) is 27.7 Å². The van der Waals surface area contributed by atoms with E-state index >= 15 is 0 Å². The largest absolute Gasteiger partial charge is 0.462 e. The highest BCUT2D eigenvalue weighted by atomic mass is 16.5. The predicted octanol–water partition coefficient (Wildman–Crippen LogP) is 10.8. The average molecular weight is 650 g/mol. The van der Waals surface area contributed by atoms with Gasteiger partial charge in [0, 0.05) is 5.92 Å². The predicted molar refractivity (Wildman–Crippen MR) is 196 cm³/mol. The van der Waals surface area contributed by atoms with E-state index in [1.165, 1.54) is 0 Å². The van der Waals surface area contributed by atoms with Gasteiger partial charge in [0.2, 0.25) is 0 Å². The molecule has 0 radical (unpaired) electrons. The number of rotatable bonds is 9. The van der Waals surface area contributed by atoms with Crippen LogP contribution in [0.5, 0.6) is 11.5 Å². The summed E-state index contributed by atoms with van der Waals surface area (Å²) in [5, 5.41) is 0. The van der Waals surface area contributed by atoms with Gasteiger partial charge in [-0.25, -0.2) is 9.59 Å². The second-order valence-electron chi connectivity index (χ2n) is 11.6. The van der Waals surface area contributed by atoms with Crippen LogP contribution in [0.25, 0.3) is 22.3 Å². The first-order valence-electron chi connectivity index (χ1n) is 16.6. The third-order valence-electron chi connectivity index (χ3n) is 8.46. The smallest absolute Gasteiger partial charge is 0.338 e. The van der Waals surface area contributed by atoms with Crippen molar-refractivity contribution in [3.63, 3.8) is 0 Å². The monoisotopic (exact) mass is 649 g/mol. The van der Waals surface area contributed by atoms with Gasteiger partial charge in [0.1, 0.15) is 0 Å². The fourth-order valence-electron chi connectivity index (χ4n) is 6.16. The van der Waals surface area contributed by atoms with Crippen LogP contribution in [-0.2, 0) is 9.47 Å². The maximum Gasteiger partial charge on any atom is 0.338 e. The Hall–Kier alpha value is -5.88. The summed E-state index contributed by atoms with van der Waals surface area (Å²) in [5.41, 5.74) is 7.90. The molecule has 6 nitrogen and oxygen atoms in total. The standard InChI is InChI=1S/C43H39NO5/c1-5-8-9-22-37(32-17-11-10-16-29(32)4)44-38-27-30(33-18-12-14-20-35(33)42(45)47-6-2)23-25-40(38)49-41-26-24-31(28-39(41)44)34-19-13-15-21-36(34)43(46)48-7-3/h5,8-29H,6-7H2,1-4H3/b8-5-,22-9-,37-32-. The van der Waals surface area contributed by atoms with E-state index in [0.29, 0.717) is 22.6 Å². The Morgan fingerprint density at radius 3 is 1.82 bits per heavy atom.